The molecule has 1 aromatic carbocycles. The average molecular weight is 465 g/mol. The number of nitrogens with two attached hydrogens (primary N) is 1. The fourth-order valence-corrected chi connectivity index (χ4v) is 4.78. The van der Waals surface area contributed by atoms with E-state index in [-0.39, 0.29) is 5.92 Å². The summed E-state index contributed by atoms with van der Waals surface area (Å²) in [5.74, 6) is 1.89. The van der Waals surface area contributed by atoms with Crippen LogP contribution in [0, 0.1) is 0 Å². The van der Waals surface area contributed by atoms with E-state index in [4.69, 9.17) is 20.6 Å². The van der Waals surface area contributed by atoms with Crippen molar-refractivity contribution in [2.45, 2.75) is 57.6 Å². The van der Waals surface area contributed by atoms with E-state index in [2.05, 4.69) is 15.0 Å². The van der Waals surface area contributed by atoms with Crippen molar-refractivity contribution < 1.29 is 9.84 Å². The number of benzene rings is 1. The molecule has 0 bridgehead atoms. The number of aromatic nitrogens is 6. The number of aliphatic hydroxyl groups is 1. The molecular weight excluding hydrogens is 432 g/mol. The van der Waals surface area contributed by atoms with Gasteiger partial charge in [0.2, 0.25) is 5.95 Å². The molecule has 10 nitrogen and oxygen atoms in total. The number of fused-ring (bicyclic) bond motifs is 3. The van der Waals surface area contributed by atoms with Gasteiger partial charge in [-0.15, -0.1) is 5.10 Å². The quantitative estimate of drug-likeness (QED) is 0.428. The van der Waals surface area contributed by atoms with Crippen molar-refractivity contribution in [2.75, 3.05) is 30.8 Å². The zero-order valence-electron chi connectivity index (χ0n) is 20.0. The Bertz CT molecular complexity index is 1310. The summed E-state index contributed by atoms with van der Waals surface area (Å²) in [4.78, 5) is 11.7. The van der Waals surface area contributed by atoms with Crippen LogP contribution >= 0.6 is 0 Å². The van der Waals surface area contributed by atoms with Gasteiger partial charge in [0.15, 0.2) is 11.5 Å². The third kappa shape index (κ3) is 3.91. The first kappa shape index (κ1) is 22.4. The summed E-state index contributed by atoms with van der Waals surface area (Å²) in [7, 11) is 1.62. The van der Waals surface area contributed by atoms with Crippen molar-refractivity contribution in [3.8, 4) is 5.75 Å². The average Bonchev–Trinajstić information content (AvgIpc) is 3.52. The maximum Gasteiger partial charge on any atom is 0.223 e. The summed E-state index contributed by atoms with van der Waals surface area (Å²) in [6.07, 6.45) is 7.33. The third-order valence-corrected chi connectivity index (χ3v) is 7.07. The van der Waals surface area contributed by atoms with Gasteiger partial charge in [-0.05, 0) is 37.8 Å². The molecule has 0 saturated carbocycles. The number of hydrogen-bond donors (Lipinski definition) is 2. The predicted molar refractivity (Wildman–Crippen MR) is 131 cm³/mol. The molecular formula is C24H32N8O2. The van der Waals surface area contributed by atoms with Gasteiger partial charge in [-0.2, -0.15) is 9.61 Å². The van der Waals surface area contributed by atoms with E-state index in [1.54, 1.807) is 11.6 Å². The number of para-hydroxylation sites is 1. The minimum atomic E-state index is -0.729. The molecule has 3 aromatic heterocycles. The summed E-state index contributed by atoms with van der Waals surface area (Å²) in [6.45, 7) is 6.25. The van der Waals surface area contributed by atoms with E-state index in [0.29, 0.717) is 42.2 Å². The zero-order valence-corrected chi connectivity index (χ0v) is 20.0. The van der Waals surface area contributed by atoms with E-state index in [1.807, 2.05) is 49.1 Å². The number of nitrogen functional groups attached to an aromatic ring is 1. The van der Waals surface area contributed by atoms with Crippen LogP contribution in [0.1, 0.15) is 51.3 Å². The smallest absolute Gasteiger partial charge is 0.223 e. The lowest BCUT2D eigenvalue weighted by atomic mass is 9.97. The van der Waals surface area contributed by atoms with E-state index in [0.717, 1.165) is 42.8 Å². The summed E-state index contributed by atoms with van der Waals surface area (Å²) in [5, 5.41) is 20.8. The van der Waals surface area contributed by atoms with Gasteiger partial charge in [-0.1, -0.05) is 19.9 Å². The highest BCUT2D eigenvalue weighted by Gasteiger charge is 2.28. The number of ether oxygens (including phenoxy) is 1. The van der Waals surface area contributed by atoms with Crippen molar-refractivity contribution in [3.63, 3.8) is 0 Å². The van der Waals surface area contributed by atoms with Crippen LogP contribution in [0.15, 0.2) is 30.6 Å². The Morgan fingerprint density at radius 3 is 2.82 bits per heavy atom. The van der Waals surface area contributed by atoms with Gasteiger partial charge in [0.05, 0.1) is 31.1 Å². The van der Waals surface area contributed by atoms with E-state index in [1.165, 1.54) is 0 Å². The van der Waals surface area contributed by atoms with Crippen LogP contribution in [-0.4, -0.2) is 60.3 Å². The third-order valence-electron chi connectivity index (χ3n) is 7.07. The van der Waals surface area contributed by atoms with Gasteiger partial charge in [-0.3, -0.25) is 4.68 Å². The van der Waals surface area contributed by atoms with Crippen molar-refractivity contribution in [1.29, 1.82) is 0 Å². The van der Waals surface area contributed by atoms with Crippen molar-refractivity contribution in [3.05, 3.63) is 36.4 Å². The standard InChI is InChI=1S/C24H32N8O2/c1-4-24(33,5-2)15-31-14-17(12-26-31)30-11-7-8-16(13-30)21-28-22-18-9-6-10-19(34-3)20(18)27-23(25)32(22)29-21/h6,9-10,12,14,16,33H,4-5,7-8,11,13,15H2,1-3H3,(H2,25,27)/t16-/m1/s1. The molecule has 1 fully saturated rings. The predicted octanol–water partition coefficient (Wildman–Crippen LogP) is 3.00. The van der Waals surface area contributed by atoms with Gasteiger partial charge in [-0.25, -0.2) is 9.97 Å². The Balaban J connectivity index is 1.42. The van der Waals surface area contributed by atoms with E-state index >= 15 is 0 Å². The molecule has 0 radical (unpaired) electrons. The number of hydrogen-bond acceptors (Lipinski definition) is 8. The number of piperidine rings is 1. The second kappa shape index (κ2) is 8.75. The van der Waals surface area contributed by atoms with E-state index in [9.17, 15) is 5.11 Å². The first-order valence-corrected chi connectivity index (χ1v) is 11.9. The number of nitrogens with zero attached hydrogens (tertiary/aromatic N) is 7. The maximum absolute atomic E-state index is 10.7. The Kier molecular flexibility index (Phi) is 5.76. The highest BCUT2D eigenvalue weighted by Crippen LogP contribution is 2.32. The SMILES string of the molecule is CCC(O)(CC)Cn1cc(N2CCC[C@@H](c3nc4c5cccc(OC)c5nc(N)n4n3)C2)cn1. The molecule has 1 aliphatic heterocycles. The number of rotatable bonds is 7. The fourth-order valence-electron chi connectivity index (χ4n) is 4.78. The van der Waals surface area contributed by atoms with Gasteiger partial charge < -0.3 is 20.5 Å². The zero-order chi connectivity index (χ0) is 23.9. The minimum Gasteiger partial charge on any atom is -0.494 e. The van der Waals surface area contributed by atoms with Gasteiger partial charge in [0, 0.05) is 30.6 Å². The summed E-state index contributed by atoms with van der Waals surface area (Å²) in [5.41, 5.74) is 7.94. The highest BCUT2D eigenvalue weighted by atomic mass is 16.5. The van der Waals surface area contributed by atoms with Crippen molar-refractivity contribution >= 4 is 28.2 Å². The lowest BCUT2D eigenvalue weighted by Gasteiger charge is -2.32. The molecule has 180 valence electrons. The Morgan fingerprint density at radius 1 is 1.24 bits per heavy atom. The van der Waals surface area contributed by atoms with Gasteiger partial charge in [0.1, 0.15) is 11.3 Å². The van der Waals surface area contributed by atoms with Crippen LogP contribution in [0.2, 0.25) is 0 Å². The monoisotopic (exact) mass is 464 g/mol. The molecule has 0 amide bonds. The largest absolute Gasteiger partial charge is 0.494 e. The molecule has 10 heteroatoms. The lowest BCUT2D eigenvalue weighted by Crippen LogP contribution is -2.35. The molecule has 1 atom stereocenters. The second-order valence-electron chi connectivity index (χ2n) is 9.14. The summed E-state index contributed by atoms with van der Waals surface area (Å²) in [6, 6.07) is 5.75. The molecule has 0 unspecified atom stereocenters. The number of methoxy groups -OCH3 is 1. The topological polar surface area (TPSA) is 120 Å². The molecule has 0 spiro atoms. The lowest BCUT2D eigenvalue weighted by molar-refractivity contribution is 0.0119. The summed E-state index contributed by atoms with van der Waals surface area (Å²) >= 11 is 0. The van der Waals surface area contributed by atoms with Crippen molar-refractivity contribution in [1.82, 2.24) is 29.4 Å². The van der Waals surface area contributed by atoms with Crippen LogP contribution in [-0.2, 0) is 6.54 Å². The highest BCUT2D eigenvalue weighted by molar-refractivity contribution is 5.95. The Hall–Kier alpha value is -3.40. The molecule has 0 aliphatic carbocycles. The molecule has 1 saturated heterocycles. The van der Waals surface area contributed by atoms with Gasteiger partial charge in [0.25, 0.3) is 0 Å². The summed E-state index contributed by atoms with van der Waals surface area (Å²) < 4.78 is 8.94. The van der Waals surface area contributed by atoms with Gasteiger partial charge >= 0.3 is 0 Å². The molecule has 5 rings (SSSR count). The molecule has 34 heavy (non-hydrogen) atoms. The molecule has 4 heterocycles. The number of anilines is 2. The first-order valence-electron chi connectivity index (χ1n) is 11.9. The second-order valence-corrected chi connectivity index (χ2v) is 9.14. The van der Waals surface area contributed by atoms with Crippen LogP contribution in [0.3, 0.4) is 0 Å². The first-order chi connectivity index (χ1) is 16.4. The van der Waals surface area contributed by atoms with Crippen LogP contribution in [0.4, 0.5) is 11.6 Å². The normalized spacial score (nSPS) is 17.1. The van der Waals surface area contributed by atoms with Crippen LogP contribution in [0.25, 0.3) is 16.6 Å². The fraction of sp³-hybridized carbons (Fsp3) is 0.500. The van der Waals surface area contributed by atoms with Crippen molar-refractivity contribution in [2.24, 2.45) is 0 Å². The molecule has 4 aromatic rings. The van der Waals surface area contributed by atoms with E-state index < -0.39 is 5.60 Å². The maximum atomic E-state index is 10.7. The Labute approximate surface area is 198 Å². The minimum absolute atomic E-state index is 0.167. The van der Waals surface area contributed by atoms with Crippen LogP contribution < -0.4 is 15.4 Å². The Morgan fingerprint density at radius 2 is 2.06 bits per heavy atom. The molecule has 3 N–H and O–H groups in total. The molecule has 1 aliphatic rings. The van der Waals surface area contributed by atoms with Crippen LogP contribution in [0.5, 0.6) is 5.75 Å².